The molecule has 5 nitrogen and oxygen atoms in total. The Balaban J connectivity index is 3.09. The van der Waals surface area contributed by atoms with Crippen LogP contribution in [0.15, 0.2) is 18.2 Å². The van der Waals surface area contributed by atoms with Gasteiger partial charge in [-0.2, -0.15) is 0 Å². The van der Waals surface area contributed by atoms with E-state index < -0.39 is 17.8 Å². The molecule has 0 aliphatic rings. The van der Waals surface area contributed by atoms with Crippen LogP contribution in [0.1, 0.15) is 13.8 Å². The predicted octanol–water partition coefficient (Wildman–Crippen LogP) is 4.04. The summed E-state index contributed by atoms with van der Waals surface area (Å²) in [4.78, 5) is 23.6. The lowest BCUT2D eigenvalue weighted by Crippen LogP contribution is -2.46. The molecule has 122 valence electrons. The number of carbonyl (C=O) groups excluding carboxylic acids is 2. The lowest BCUT2D eigenvalue weighted by atomic mass is 9.88. The van der Waals surface area contributed by atoms with Gasteiger partial charge in [0.2, 0.25) is 0 Å². The Kier molecular flexibility index (Phi) is 6.97. The van der Waals surface area contributed by atoms with Crippen LogP contribution in [0.2, 0.25) is 10.0 Å². The molecule has 0 aliphatic heterocycles. The number of Topliss-reactive ketones (excluding diaryl/α,β-unsaturated/α-hetero) is 1. The summed E-state index contributed by atoms with van der Waals surface area (Å²) in [6.45, 7) is 3.24. The van der Waals surface area contributed by atoms with Crippen LogP contribution in [0.3, 0.4) is 0 Å². The van der Waals surface area contributed by atoms with E-state index in [1.807, 2.05) is 0 Å². The van der Waals surface area contributed by atoms with Crippen molar-refractivity contribution in [3.63, 3.8) is 0 Å². The molecular weight excluding hydrogens is 397 g/mol. The molecule has 0 saturated carbocycles. The molecular formula is C14H16BrCl2NO4. The van der Waals surface area contributed by atoms with E-state index in [-0.39, 0.29) is 21.9 Å². The van der Waals surface area contributed by atoms with Crippen LogP contribution in [-0.2, 0) is 9.53 Å². The van der Waals surface area contributed by atoms with Gasteiger partial charge in [-0.25, -0.2) is 4.79 Å². The van der Waals surface area contributed by atoms with Crippen molar-refractivity contribution < 1.29 is 19.1 Å². The van der Waals surface area contributed by atoms with Crippen molar-refractivity contribution in [3.8, 4) is 5.75 Å². The number of ether oxygens (including phenoxy) is 2. The van der Waals surface area contributed by atoms with Gasteiger partial charge < -0.3 is 14.8 Å². The smallest absolute Gasteiger partial charge is 0.410 e. The van der Waals surface area contributed by atoms with Gasteiger partial charge in [-0.3, -0.25) is 4.79 Å². The number of carbonyl (C=O) groups is 2. The molecule has 0 saturated heterocycles. The van der Waals surface area contributed by atoms with Crippen molar-refractivity contribution in [1.82, 2.24) is 5.32 Å². The molecule has 1 rings (SSSR count). The van der Waals surface area contributed by atoms with E-state index in [0.717, 1.165) is 0 Å². The SMILES string of the molecule is CNC(=O)OC(Oc1ccc(Cl)cc1Cl)C(C)(C)C(=O)CBr. The average molecular weight is 413 g/mol. The number of amides is 1. The summed E-state index contributed by atoms with van der Waals surface area (Å²) >= 11 is 15.0. The molecule has 1 amide bonds. The predicted molar refractivity (Wildman–Crippen MR) is 89.0 cm³/mol. The van der Waals surface area contributed by atoms with E-state index in [0.29, 0.717) is 5.02 Å². The highest BCUT2D eigenvalue weighted by atomic mass is 79.9. The Labute approximate surface area is 147 Å². The second-order valence-electron chi connectivity index (χ2n) is 4.96. The van der Waals surface area contributed by atoms with Gasteiger partial charge in [0.15, 0.2) is 5.78 Å². The van der Waals surface area contributed by atoms with Crippen molar-refractivity contribution in [3.05, 3.63) is 28.2 Å². The number of hydrogen-bond donors (Lipinski definition) is 1. The fraction of sp³-hybridized carbons (Fsp3) is 0.429. The Morgan fingerprint density at radius 3 is 2.50 bits per heavy atom. The third kappa shape index (κ3) is 4.76. The Hall–Kier alpha value is -0.980. The maximum Gasteiger partial charge on any atom is 0.410 e. The minimum absolute atomic E-state index is 0.102. The Bertz CT molecular complexity index is 566. The number of benzene rings is 1. The van der Waals surface area contributed by atoms with Gasteiger partial charge in [-0.15, -0.1) is 0 Å². The van der Waals surface area contributed by atoms with Crippen molar-refractivity contribution in [2.75, 3.05) is 12.4 Å². The minimum Gasteiger partial charge on any atom is -0.452 e. The van der Waals surface area contributed by atoms with Gasteiger partial charge in [0, 0.05) is 12.1 Å². The van der Waals surface area contributed by atoms with Gasteiger partial charge >= 0.3 is 6.09 Å². The van der Waals surface area contributed by atoms with E-state index in [2.05, 4.69) is 21.2 Å². The third-order valence-corrected chi connectivity index (χ3v) is 4.02. The zero-order valence-electron chi connectivity index (χ0n) is 12.3. The molecule has 1 atom stereocenters. The molecule has 0 radical (unpaired) electrons. The first kappa shape index (κ1) is 19.1. The van der Waals surface area contributed by atoms with Crippen molar-refractivity contribution in [2.24, 2.45) is 5.41 Å². The molecule has 1 unspecified atom stereocenters. The van der Waals surface area contributed by atoms with E-state index in [1.165, 1.54) is 13.1 Å². The summed E-state index contributed by atoms with van der Waals surface area (Å²) in [6, 6.07) is 4.62. The first-order chi connectivity index (χ1) is 10.2. The van der Waals surface area contributed by atoms with E-state index in [9.17, 15) is 9.59 Å². The molecule has 1 aromatic rings. The molecule has 0 aromatic heterocycles. The van der Waals surface area contributed by atoms with Gasteiger partial charge in [-0.1, -0.05) is 39.1 Å². The molecule has 0 fully saturated rings. The van der Waals surface area contributed by atoms with Crippen LogP contribution < -0.4 is 10.1 Å². The normalized spacial score (nSPS) is 12.5. The summed E-state index contributed by atoms with van der Waals surface area (Å²) in [5.74, 6) is 0.0712. The van der Waals surface area contributed by atoms with Crippen LogP contribution in [0.5, 0.6) is 5.75 Å². The molecule has 0 heterocycles. The number of rotatable bonds is 6. The molecule has 1 aromatic carbocycles. The lowest BCUT2D eigenvalue weighted by Gasteiger charge is -2.32. The van der Waals surface area contributed by atoms with Crippen LogP contribution in [0, 0.1) is 5.41 Å². The molecule has 22 heavy (non-hydrogen) atoms. The summed E-state index contributed by atoms with van der Waals surface area (Å²) in [7, 11) is 1.41. The largest absolute Gasteiger partial charge is 0.452 e. The molecule has 0 spiro atoms. The number of nitrogens with one attached hydrogen (secondary N) is 1. The number of ketones is 1. The highest BCUT2D eigenvalue weighted by Gasteiger charge is 2.41. The average Bonchev–Trinajstić information content (AvgIpc) is 2.47. The summed E-state index contributed by atoms with van der Waals surface area (Å²) in [5.41, 5.74) is -1.08. The first-order valence-corrected chi connectivity index (χ1v) is 8.19. The minimum atomic E-state index is -1.16. The maximum atomic E-state index is 12.1. The zero-order chi connectivity index (χ0) is 16.9. The van der Waals surface area contributed by atoms with Crippen molar-refractivity contribution >= 4 is 51.0 Å². The lowest BCUT2D eigenvalue weighted by molar-refractivity contribution is -0.147. The molecule has 1 N–H and O–H groups in total. The Morgan fingerprint density at radius 2 is 2.00 bits per heavy atom. The molecule has 0 bridgehead atoms. The number of alkyl carbamates (subject to hydrolysis) is 1. The monoisotopic (exact) mass is 411 g/mol. The highest BCUT2D eigenvalue weighted by molar-refractivity contribution is 9.09. The van der Waals surface area contributed by atoms with Gasteiger partial charge in [-0.05, 0) is 32.0 Å². The van der Waals surface area contributed by atoms with Crippen molar-refractivity contribution in [1.29, 1.82) is 0 Å². The summed E-state index contributed by atoms with van der Waals surface area (Å²) < 4.78 is 10.8. The standard InChI is InChI=1S/C14H16BrCl2NO4/c1-14(2,11(19)7-15)12(22-13(20)18-3)21-10-5-4-8(16)6-9(10)17/h4-6,12H,7H2,1-3H3,(H,18,20). The second kappa shape index (κ2) is 8.04. The Morgan fingerprint density at radius 1 is 1.36 bits per heavy atom. The van der Waals surface area contributed by atoms with Crippen LogP contribution in [0.25, 0.3) is 0 Å². The van der Waals surface area contributed by atoms with Gasteiger partial charge in [0.05, 0.1) is 15.8 Å². The van der Waals surface area contributed by atoms with Crippen molar-refractivity contribution in [2.45, 2.75) is 20.1 Å². The quantitative estimate of drug-likeness (QED) is 0.565. The summed E-state index contributed by atoms with van der Waals surface area (Å²) in [5, 5.41) is 3.11. The van der Waals surface area contributed by atoms with Gasteiger partial charge in [0.25, 0.3) is 6.29 Å². The number of hydrogen-bond acceptors (Lipinski definition) is 4. The first-order valence-electron chi connectivity index (χ1n) is 6.31. The van der Waals surface area contributed by atoms with E-state index in [1.54, 1.807) is 26.0 Å². The number of halogens is 3. The topological polar surface area (TPSA) is 64.6 Å². The zero-order valence-corrected chi connectivity index (χ0v) is 15.4. The van der Waals surface area contributed by atoms with Gasteiger partial charge in [0.1, 0.15) is 5.75 Å². The molecule has 0 aliphatic carbocycles. The third-order valence-electron chi connectivity index (χ3n) is 2.98. The van der Waals surface area contributed by atoms with Crippen LogP contribution in [0.4, 0.5) is 4.79 Å². The second-order valence-corrected chi connectivity index (χ2v) is 6.36. The van der Waals surface area contributed by atoms with E-state index in [4.69, 9.17) is 32.7 Å². The van der Waals surface area contributed by atoms with Crippen LogP contribution in [-0.4, -0.2) is 30.5 Å². The van der Waals surface area contributed by atoms with E-state index >= 15 is 0 Å². The fourth-order valence-corrected chi connectivity index (χ4v) is 2.64. The summed E-state index contributed by atoms with van der Waals surface area (Å²) in [6.07, 6.45) is -1.87. The number of alkyl halides is 1. The maximum absolute atomic E-state index is 12.1. The fourth-order valence-electron chi connectivity index (χ4n) is 1.46. The highest BCUT2D eigenvalue weighted by Crippen LogP contribution is 2.33. The molecule has 8 heteroatoms. The van der Waals surface area contributed by atoms with Crippen LogP contribution >= 0.6 is 39.1 Å².